The fourth-order valence-corrected chi connectivity index (χ4v) is 2.20. The van der Waals surface area contributed by atoms with Gasteiger partial charge in [-0.1, -0.05) is 44.2 Å². The standard InChI is InChI=1S/C17H26N2O3/c1-5-22-15(14-9-7-6-8-10-14)11-18-17(21)16(12(2)3)19-13(4)20/h6-10,12,15-16H,5,11H2,1-4H3,(H,18,21)(H,19,20)/t15-,16-/m1/s1. The van der Waals surface area contributed by atoms with Crippen LogP contribution in [0.2, 0.25) is 0 Å². The Hall–Kier alpha value is -1.88. The van der Waals surface area contributed by atoms with E-state index in [-0.39, 0.29) is 23.8 Å². The second kappa shape index (κ2) is 9.20. The highest BCUT2D eigenvalue weighted by Gasteiger charge is 2.23. The molecule has 5 heteroatoms. The van der Waals surface area contributed by atoms with Gasteiger partial charge in [-0.2, -0.15) is 0 Å². The molecule has 0 bridgehead atoms. The quantitative estimate of drug-likeness (QED) is 0.772. The van der Waals surface area contributed by atoms with Crippen molar-refractivity contribution in [3.8, 4) is 0 Å². The Morgan fingerprint density at radius 1 is 1.18 bits per heavy atom. The normalized spacial score (nSPS) is 13.5. The molecule has 1 aromatic rings. The van der Waals surface area contributed by atoms with E-state index in [1.807, 2.05) is 51.1 Å². The summed E-state index contributed by atoms with van der Waals surface area (Å²) in [5.41, 5.74) is 1.02. The van der Waals surface area contributed by atoms with E-state index >= 15 is 0 Å². The summed E-state index contributed by atoms with van der Waals surface area (Å²) in [5, 5.41) is 5.56. The van der Waals surface area contributed by atoms with Crippen LogP contribution in [0.15, 0.2) is 30.3 Å². The maximum atomic E-state index is 12.3. The lowest BCUT2D eigenvalue weighted by molar-refractivity contribution is -0.129. The first-order valence-electron chi connectivity index (χ1n) is 7.67. The molecule has 1 aromatic carbocycles. The summed E-state index contributed by atoms with van der Waals surface area (Å²) >= 11 is 0. The van der Waals surface area contributed by atoms with Gasteiger partial charge in [-0.05, 0) is 18.4 Å². The molecule has 0 spiro atoms. The van der Waals surface area contributed by atoms with Crippen LogP contribution in [0.3, 0.4) is 0 Å². The van der Waals surface area contributed by atoms with Gasteiger partial charge in [-0.15, -0.1) is 0 Å². The van der Waals surface area contributed by atoms with Crippen molar-refractivity contribution in [3.05, 3.63) is 35.9 Å². The molecule has 1 rings (SSSR count). The summed E-state index contributed by atoms with van der Waals surface area (Å²) in [5.74, 6) is -0.379. The van der Waals surface area contributed by atoms with Gasteiger partial charge in [0, 0.05) is 20.1 Å². The van der Waals surface area contributed by atoms with Crippen LogP contribution < -0.4 is 10.6 Å². The SMILES string of the molecule is CCO[C@H](CNC(=O)[C@H](NC(C)=O)C(C)C)c1ccccc1. The van der Waals surface area contributed by atoms with Crippen LogP contribution in [0.1, 0.15) is 39.4 Å². The maximum Gasteiger partial charge on any atom is 0.242 e. The van der Waals surface area contributed by atoms with Crippen molar-refractivity contribution in [2.24, 2.45) is 5.92 Å². The molecule has 2 amide bonds. The molecule has 0 aliphatic rings. The zero-order valence-corrected chi connectivity index (χ0v) is 13.8. The summed E-state index contributed by atoms with van der Waals surface area (Å²) in [6.07, 6.45) is -0.194. The van der Waals surface area contributed by atoms with E-state index in [4.69, 9.17) is 4.74 Å². The lowest BCUT2D eigenvalue weighted by Gasteiger charge is -2.23. The van der Waals surface area contributed by atoms with Gasteiger partial charge < -0.3 is 15.4 Å². The minimum atomic E-state index is -0.532. The third kappa shape index (κ3) is 5.85. The largest absolute Gasteiger partial charge is 0.372 e. The van der Waals surface area contributed by atoms with E-state index in [1.54, 1.807) is 0 Å². The number of hydrogen-bond acceptors (Lipinski definition) is 3. The highest BCUT2D eigenvalue weighted by Crippen LogP contribution is 2.16. The van der Waals surface area contributed by atoms with Crippen LogP contribution in [-0.4, -0.2) is 31.0 Å². The van der Waals surface area contributed by atoms with Crippen LogP contribution >= 0.6 is 0 Å². The minimum absolute atomic E-state index is 0.0196. The lowest BCUT2D eigenvalue weighted by Crippen LogP contribution is -2.49. The molecular weight excluding hydrogens is 280 g/mol. The van der Waals surface area contributed by atoms with Crippen LogP contribution in [0, 0.1) is 5.92 Å². The van der Waals surface area contributed by atoms with E-state index in [9.17, 15) is 9.59 Å². The fourth-order valence-electron chi connectivity index (χ4n) is 2.20. The smallest absolute Gasteiger partial charge is 0.242 e. The van der Waals surface area contributed by atoms with Gasteiger partial charge in [0.15, 0.2) is 0 Å². The van der Waals surface area contributed by atoms with Crippen molar-refractivity contribution in [3.63, 3.8) is 0 Å². The Morgan fingerprint density at radius 2 is 1.82 bits per heavy atom. The van der Waals surface area contributed by atoms with Gasteiger partial charge in [0.25, 0.3) is 0 Å². The first-order chi connectivity index (χ1) is 10.5. The van der Waals surface area contributed by atoms with Crippen molar-refractivity contribution >= 4 is 11.8 Å². The average Bonchev–Trinajstić information content (AvgIpc) is 2.49. The topological polar surface area (TPSA) is 67.4 Å². The molecule has 22 heavy (non-hydrogen) atoms. The maximum absolute atomic E-state index is 12.3. The molecule has 2 atom stereocenters. The van der Waals surface area contributed by atoms with E-state index in [0.29, 0.717) is 13.2 Å². The monoisotopic (exact) mass is 306 g/mol. The molecule has 0 heterocycles. The van der Waals surface area contributed by atoms with E-state index in [2.05, 4.69) is 10.6 Å². The van der Waals surface area contributed by atoms with Crippen molar-refractivity contribution < 1.29 is 14.3 Å². The summed E-state index contributed by atoms with van der Waals surface area (Å²) in [4.78, 5) is 23.5. The molecule has 0 fully saturated rings. The van der Waals surface area contributed by atoms with Crippen molar-refractivity contribution in [1.29, 1.82) is 0 Å². The number of nitrogens with one attached hydrogen (secondary N) is 2. The second-order valence-electron chi connectivity index (χ2n) is 5.52. The Kier molecular flexibility index (Phi) is 7.60. The van der Waals surface area contributed by atoms with Gasteiger partial charge in [-0.3, -0.25) is 9.59 Å². The van der Waals surface area contributed by atoms with Gasteiger partial charge in [0.1, 0.15) is 6.04 Å². The minimum Gasteiger partial charge on any atom is -0.372 e. The van der Waals surface area contributed by atoms with Gasteiger partial charge >= 0.3 is 0 Å². The number of benzene rings is 1. The molecule has 2 N–H and O–H groups in total. The molecule has 5 nitrogen and oxygen atoms in total. The zero-order chi connectivity index (χ0) is 16.5. The molecule has 0 saturated heterocycles. The summed E-state index contributed by atoms with van der Waals surface area (Å²) < 4.78 is 5.70. The number of hydrogen-bond donors (Lipinski definition) is 2. The Bertz CT molecular complexity index is 474. The van der Waals surface area contributed by atoms with Crippen LogP contribution in [-0.2, 0) is 14.3 Å². The number of carbonyl (C=O) groups is 2. The Labute approximate surface area is 132 Å². The third-order valence-corrected chi connectivity index (χ3v) is 3.31. The molecular formula is C17H26N2O3. The fraction of sp³-hybridized carbons (Fsp3) is 0.529. The van der Waals surface area contributed by atoms with Gasteiger partial charge in [0.05, 0.1) is 6.10 Å². The van der Waals surface area contributed by atoms with E-state index < -0.39 is 6.04 Å². The molecule has 0 aliphatic carbocycles. The van der Waals surface area contributed by atoms with Crippen LogP contribution in [0.4, 0.5) is 0 Å². The highest BCUT2D eigenvalue weighted by molar-refractivity contribution is 5.87. The molecule has 122 valence electrons. The number of ether oxygens (including phenoxy) is 1. The Morgan fingerprint density at radius 3 is 2.32 bits per heavy atom. The first kappa shape index (κ1) is 18.2. The predicted molar refractivity (Wildman–Crippen MR) is 86.3 cm³/mol. The Balaban J connectivity index is 2.67. The van der Waals surface area contributed by atoms with Crippen molar-refractivity contribution in [1.82, 2.24) is 10.6 Å². The van der Waals surface area contributed by atoms with Gasteiger partial charge in [-0.25, -0.2) is 0 Å². The summed E-state index contributed by atoms with van der Waals surface area (Å²) in [6, 6.07) is 9.24. The zero-order valence-electron chi connectivity index (χ0n) is 13.8. The van der Waals surface area contributed by atoms with Crippen LogP contribution in [0.5, 0.6) is 0 Å². The van der Waals surface area contributed by atoms with Gasteiger partial charge in [0.2, 0.25) is 11.8 Å². The molecule has 0 aromatic heterocycles. The van der Waals surface area contributed by atoms with E-state index in [0.717, 1.165) is 5.56 Å². The first-order valence-corrected chi connectivity index (χ1v) is 7.67. The lowest BCUT2D eigenvalue weighted by atomic mass is 10.0. The third-order valence-electron chi connectivity index (χ3n) is 3.31. The number of carbonyl (C=O) groups excluding carboxylic acids is 2. The predicted octanol–water partition coefficient (Wildman–Crippen LogP) is 2.04. The second-order valence-corrected chi connectivity index (χ2v) is 5.52. The van der Waals surface area contributed by atoms with Crippen molar-refractivity contribution in [2.45, 2.75) is 39.8 Å². The average molecular weight is 306 g/mol. The molecule has 0 aliphatic heterocycles. The molecule has 0 saturated carbocycles. The van der Waals surface area contributed by atoms with Crippen molar-refractivity contribution in [2.75, 3.05) is 13.2 Å². The molecule has 0 radical (unpaired) electrons. The van der Waals surface area contributed by atoms with Crippen LogP contribution in [0.25, 0.3) is 0 Å². The summed E-state index contributed by atoms with van der Waals surface area (Å²) in [7, 11) is 0. The van der Waals surface area contributed by atoms with E-state index in [1.165, 1.54) is 6.92 Å². The highest BCUT2D eigenvalue weighted by atomic mass is 16.5. The summed E-state index contributed by atoms with van der Waals surface area (Å²) in [6.45, 7) is 8.07. The molecule has 0 unspecified atom stereocenters. The number of amides is 2. The number of rotatable bonds is 8.